The van der Waals surface area contributed by atoms with Crippen molar-refractivity contribution in [1.82, 2.24) is 5.32 Å². The standard InChI is InChI=1S/C8H13NOS/c1-3-7(10)6(2)8-9-4-5-11-8/h9H,3-5H2,1-2H3/b8-6+. The number of thioether (sulfide) groups is 1. The summed E-state index contributed by atoms with van der Waals surface area (Å²) < 4.78 is 0. The van der Waals surface area contributed by atoms with Gasteiger partial charge in [0.15, 0.2) is 5.78 Å². The van der Waals surface area contributed by atoms with Crippen LogP contribution in [0.5, 0.6) is 0 Å². The maximum absolute atomic E-state index is 11.2. The predicted octanol–water partition coefficient (Wildman–Crippen LogP) is 1.53. The molecule has 0 aromatic rings. The van der Waals surface area contributed by atoms with E-state index < -0.39 is 0 Å². The molecule has 1 rings (SSSR count). The van der Waals surface area contributed by atoms with Gasteiger partial charge in [0.05, 0.1) is 5.03 Å². The minimum absolute atomic E-state index is 0.252. The summed E-state index contributed by atoms with van der Waals surface area (Å²) in [5, 5.41) is 4.27. The summed E-state index contributed by atoms with van der Waals surface area (Å²) in [5.41, 5.74) is 0.898. The Morgan fingerprint density at radius 3 is 2.91 bits per heavy atom. The predicted molar refractivity (Wildman–Crippen MR) is 48.5 cm³/mol. The number of ketones is 1. The molecular weight excluding hydrogens is 158 g/mol. The Bertz CT molecular complexity index is 190. The largest absolute Gasteiger partial charge is 0.379 e. The fourth-order valence-electron chi connectivity index (χ4n) is 1.00. The van der Waals surface area contributed by atoms with E-state index in [1.54, 1.807) is 11.8 Å². The Morgan fingerprint density at radius 2 is 2.45 bits per heavy atom. The number of rotatable bonds is 2. The van der Waals surface area contributed by atoms with E-state index in [0.29, 0.717) is 6.42 Å². The molecule has 0 spiro atoms. The Kier molecular flexibility index (Phi) is 3.00. The van der Waals surface area contributed by atoms with Crippen LogP contribution < -0.4 is 5.32 Å². The first kappa shape index (κ1) is 8.65. The third kappa shape index (κ3) is 1.99. The molecule has 1 aliphatic rings. The van der Waals surface area contributed by atoms with E-state index in [1.807, 2.05) is 13.8 Å². The van der Waals surface area contributed by atoms with Gasteiger partial charge in [-0.15, -0.1) is 11.8 Å². The van der Waals surface area contributed by atoms with Gasteiger partial charge in [0, 0.05) is 24.3 Å². The highest BCUT2D eigenvalue weighted by atomic mass is 32.2. The summed E-state index contributed by atoms with van der Waals surface area (Å²) in [7, 11) is 0. The van der Waals surface area contributed by atoms with Crippen LogP contribution in [0.25, 0.3) is 0 Å². The molecule has 0 atom stereocenters. The fourth-order valence-corrected chi connectivity index (χ4v) is 1.94. The minimum atomic E-state index is 0.252. The molecule has 1 saturated heterocycles. The maximum Gasteiger partial charge on any atom is 0.160 e. The molecule has 3 heteroatoms. The first-order valence-electron chi connectivity index (χ1n) is 3.86. The molecule has 62 valence electrons. The van der Waals surface area contributed by atoms with Crippen LogP contribution in [0, 0.1) is 0 Å². The van der Waals surface area contributed by atoms with E-state index in [2.05, 4.69) is 5.32 Å². The molecule has 2 nitrogen and oxygen atoms in total. The summed E-state index contributed by atoms with van der Waals surface area (Å²) in [6, 6.07) is 0. The van der Waals surface area contributed by atoms with E-state index in [0.717, 1.165) is 22.9 Å². The quantitative estimate of drug-likeness (QED) is 0.639. The van der Waals surface area contributed by atoms with Crippen molar-refractivity contribution in [3.63, 3.8) is 0 Å². The van der Waals surface area contributed by atoms with E-state index in [4.69, 9.17) is 0 Å². The van der Waals surface area contributed by atoms with Crippen molar-refractivity contribution in [2.75, 3.05) is 12.3 Å². The summed E-state index contributed by atoms with van der Waals surface area (Å²) >= 11 is 1.74. The summed E-state index contributed by atoms with van der Waals surface area (Å²) in [4.78, 5) is 11.2. The molecule has 1 heterocycles. The zero-order valence-electron chi connectivity index (χ0n) is 6.94. The molecule has 1 N–H and O–H groups in total. The molecular formula is C8H13NOS. The third-order valence-corrected chi connectivity index (χ3v) is 2.86. The van der Waals surface area contributed by atoms with Gasteiger partial charge in [-0.3, -0.25) is 4.79 Å². The lowest BCUT2D eigenvalue weighted by Crippen LogP contribution is -2.09. The van der Waals surface area contributed by atoms with Gasteiger partial charge in [0.25, 0.3) is 0 Å². The smallest absolute Gasteiger partial charge is 0.160 e. The van der Waals surface area contributed by atoms with Crippen molar-refractivity contribution in [1.29, 1.82) is 0 Å². The minimum Gasteiger partial charge on any atom is -0.379 e. The Morgan fingerprint density at radius 1 is 1.73 bits per heavy atom. The highest BCUT2D eigenvalue weighted by molar-refractivity contribution is 8.03. The van der Waals surface area contributed by atoms with Crippen LogP contribution >= 0.6 is 11.8 Å². The van der Waals surface area contributed by atoms with Crippen LogP contribution in [0.15, 0.2) is 10.6 Å². The highest BCUT2D eigenvalue weighted by Crippen LogP contribution is 2.22. The van der Waals surface area contributed by atoms with Gasteiger partial charge in [0.2, 0.25) is 0 Å². The van der Waals surface area contributed by atoms with Crippen LogP contribution in [0.3, 0.4) is 0 Å². The number of allylic oxidation sites excluding steroid dienone is 1. The van der Waals surface area contributed by atoms with Crippen LogP contribution in [0.2, 0.25) is 0 Å². The first-order chi connectivity index (χ1) is 5.25. The second-order valence-electron chi connectivity index (χ2n) is 2.51. The molecule has 0 aliphatic carbocycles. The fraction of sp³-hybridized carbons (Fsp3) is 0.625. The molecule has 1 aliphatic heterocycles. The number of Topliss-reactive ketones (excluding diaryl/α,β-unsaturated/α-hetero) is 1. The van der Waals surface area contributed by atoms with Crippen LogP contribution in [0.1, 0.15) is 20.3 Å². The number of hydrogen-bond donors (Lipinski definition) is 1. The van der Waals surface area contributed by atoms with Crippen molar-refractivity contribution < 1.29 is 4.79 Å². The molecule has 0 aromatic heterocycles. The lowest BCUT2D eigenvalue weighted by Gasteiger charge is -2.02. The van der Waals surface area contributed by atoms with Gasteiger partial charge in [-0.05, 0) is 6.92 Å². The van der Waals surface area contributed by atoms with Crippen molar-refractivity contribution >= 4 is 17.5 Å². The second-order valence-corrected chi connectivity index (χ2v) is 3.61. The van der Waals surface area contributed by atoms with Gasteiger partial charge < -0.3 is 5.32 Å². The first-order valence-corrected chi connectivity index (χ1v) is 4.85. The zero-order valence-corrected chi connectivity index (χ0v) is 7.75. The van der Waals surface area contributed by atoms with Crippen molar-refractivity contribution in [2.24, 2.45) is 0 Å². The van der Waals surface area contributed by atoms with E-state index in [9.17, 15) is 4.79 Å². The number of carbonyl (C=O) groups excluding carboxylic acids is 1. The average molecular weight is 171 g/mol. The number of nitrogens with one attached hydrogen (secondary N) is 1. The van der Waals surface area contributed by atoms with Crippen molar-refractivity contribution in [3.05, 3.63) is 10.6 Å². The van der Waals surface area contributed by atoms with E-state index in [-0.39, 0.29) is 5.78 Å². The highest BCUT2D eigenvalue weighted by Gasteiger charge is 2.13. The molecule has 0 saturated carbocycles. The SMILES string of the molecule is CCC(=O)/C(C)=C1\NCCS1. The summed E-state index contributed by atoms with van der Waals surface area (Å²) in [6.07, 6.45) is 0.609. The molecule has 0 unspecified atom stereocenters. The van der Waals surface area contributed by atoms with Crippen LogP contribution in [0.4, 0.5) is 0 Å². The van der Waals surface area contributed by atoms with Gasteiger partial charge in [-0.2, -0.15) is 0 Å². The molecule has 0 bridgehead atoms. The lowest BCUT2D eigenvalue weighted by atomic mass is 10.2. The van der Waals surface area contributed by atoms with E-state index >= 15 is 0 Å². The van der Waals surface area contributed by atoms with Crippen LogP contribution in [-0.2, 0) is 4.79 Å². The topological polar surface area (TPSA) is 29.1 Å². The Balaban J connectivity index is 2.69. The summed E-state index contributed by atoms with van der Waals surface area (Å²) in [6.45, 7) is 4.78. The third-order valence-electron chi connectivity index (χ3n) is 1.71. The van der Waals surface area contributed by atoms with Crippen molar-refractivity contribution in [2.45, 2.75) is 20.3 Å². The normalized spacial score (nSPS) is 21.3. The Hall–Kier alpha value is -0.440. The number of hydrogen-bond acceptors (Lipinski definition) is 3. The maximum atomic E-state index is 11.2. The molecule has 0 radical (unpaired) electrons. The molecule has 11 heavy (non-hydrogen) atoms. The van der Waals surface area contributed by atoms with Crippen LogP contribution in [-0.4, -0.2) is 18.1 Å². The number of carbonyl (C=O) groups is 1. The van der Waals surface area contributed by atoms with Gasteiger partial charge in [-0.1, -0.05) is 6.92 Å². The van der Waals surface area contributed by atoms with Gasteiger partial charge >= 0.3 is 0 Å². The van der Waals surface area contributed by atoms with Gasteiger partial charge in [0.1, 0.15) is 0 Å². The van der Waals surface area contributed by atoms with E-state index in [1.165, 1.54) is 0 Å². The monoisotopic (exact) mass is 171 g/mol. The molecule has 0 amide bonds. The van der Waals surface area contributed by atoms with Gasteiger partial charge in [-0.25, -0.2) is 0 Å². The lowest BCUT2D eigenvalue weighted by molar-refractivity contribution is -0.115. The molecule has 1 fully saturated rings. The summed E-state index contributed by atoms with van der Waals surface area (Å²) in [5.74, 6) is 1.34. The molecule has 0 aromatic carbocycles. The average Bonchev–Trinajstić information content (AvgIpc) is 2.53. The Labute approximate surface area is 71.4 Å². The zero-order chi connectivity index (χ0) is 8.27. The second kappa shape index (κ2) is 3.81. The van der Waals surface area contributed by atoms with Crippen molar-refractivity contribution in [3.8, 4) is 0 Å².